The Morgan fingerprint density at radius 3 is 2.52 bits per heavy atom. The van der Waals surface area contributed by atoms with Gasteiger partial charge in [-0.25, -0.2) is 9.78 Å². The van der Waals surface area contributed by atoms with E-state index in [1.807, 2.05) is 13.8 Å². The summed E-state index contributed by atoms with van der Waals surface area (Å²) in [7, 11) is 0. The Morgan fingerprint density at radius 2 is 1.81 bits per heavy atom. The number of carbonyl (C=O) groups excluding carboxylic acids is 2. The smallest absolute Gasteiger partial charge is 0.338 e. The monoisotopic (exact) mass is 457 g/mol. The number of amides is 1. The van der Waals surface area contributed by atoms with Gasteiger partial charge in [0, 0.05) is 5.56 Å². The minimum absolute atomic E-state index is 0.00725. The number of thiazole rings is 1. The van der Waals surface area contributed by atoms with Gasteiger partial charge < -0.3 is 14.8 Å². The molecule has 0 aliphatic heterocycles. The minimum atomic E-state index is -0.383. The molecule has 0 spiro atoms. The number of carbonyl (C=O) groups is 2. The first-order valence-electron chi connectivity index (χ1n) is 9.72. The number of fused-ring (bicyclic) bond motifs is 1. The van der Waals surface area contributed by atoms with Crippen LogP contribution >= 0.6 is 23.6 Å². The number of hydrogen-bond donors (Lipinski definition) is 2. The highest BCUT2D eigenvalue weighted by Gasteiger charge is 2.14. The quantitative estimate of drug-likeness (QED) is 0.407. The summed E-state index contributed by atoms with van der Waals surface area (Å²) in [5, 5.41) is 6.19. The molecule has 0 saturated carbocycles. The van der Waals surface area contributed by atoms with E-state index in [2.05, 4.69) is 15.6 Å². The number of hydrogen-bond acceptors (Lipinski definition) is 7. The SMILES string of the molecule is CC(C)OC(=O)c1ccc2nc(NC(=S)NC(=O)c3cccc(OC(C)C)c3)sc2c1. The fourth-order valence-electron chi connectivity index (χ4n) is 2.67. The molecule has 1 aromatic heterocycles. The van der Waals surface area contributed by atoms with Gasteiger partial charge in [-0.3, -0.25) is 10.1 Å². The first-order chi connectivity index (χ1) is 14.7. The first kappa shape index (κ1) is 22.6. The van der Waals surface area contributed by atoms with Gasteiger partial charge in [0.15, 0.2) is 10.2 Å². The van der Waals surface area contributed by atoms with E-state index in [4.69, 9.17) is 21.7 Å². The van der Waals surface area contributed by atoms with Gasteiger partial charge in [-0.05, 0) is 76.3 Å². The Kier molecular flexibility index (Phi) is 7.19. The van der Waals surface area contributed by atoms with Gasteiger partial charge in [0.1, 0.15) is 5.75 Å². The van der Waals surface area contributed by atoms with Crippen molar-refractivity contribution in [2.24, 2.45) is 0 Å². The second-order valence-corrected chi connectivity index (χ2v) is 8.70. The van der Waals surface area contributed by atoms with Crippen LogP contribution in [0.2, 0.25) is 0 Å². The Morgan fingerprint density at radius 1 is 1.03 bits per heavy atom. The highest BCUT2D eigenvalue weighted by atomic mass is 32.1. The van der Waals surface area contributed by atoms with E-state index in [1.165, 1.54) is 11.3 Å². The normalized spacial score (nSPS) is 10.9. The van der Waals surface area contributed by atoms with Crippen molar-refractivity contribution in [3.63, 3.8) is 0 Å². The molecule has 2 aromatic carbocycles. The van der Waals surface area contributed by atoms with Crippen LogP contribution in [0.25, 0.3) is 10.2 Å². The zero-order valence-electron chi connectivity index (χ0n) is 17.6. The number of aromatic nitrogens is 1. The van der Waals surface area contributed by atoms with Crippen LogP contribution in [-0.2, 0) is 4.74 Å². The molecule has 1 heterocycles. The molecule has 2 N–H and O–H groups in total. The van der Waals surface area contributed by atoms with Gasteiger partial charge >= 0.3 is 5.97 Å². The van der Waals surface area contributed by atoms with Crippen molar-refractivity contribution in [3.05, 3.63) is 53.6 Å². The topological polar surface area (TPSA) is 89.5 Å². The minimum Gasteiger partial charge on any atom is -0.491 e. The van der Waals surface area contributed by atoms with Crippen LogP contribution in [0.1, 0.15) is 48.4 Å². The number of esters is 1. The second kappa shape index (κ2) is 9.84. The Hall–Kier alpha value is -3.04. The predicted octanol–water partition coefficient (Wildman–Crippen LogP) is 4.78. The average Bonchev–Trinajstić information content (AvgIpc) is 3.08. The summed E-state index contributed by atoms with van der Waals surface area (Å²) in [6.45, 7) is 7.43. The van der Waals surface area contributed by atoms with Crippen LogP contribution in [0.5, 0.6) is 5.75 Å². The standard InChI is InChI=1S/C22H23N3O4S2/c1-12(2)28-16-7-5-6-14(10-16)19(26)24-21(30)25-22-23-17-9-8-15(11-18(17)31-22)20(27)29-13(3)4/h5-13H,1-4H3,(H2,23,24,25,26,30). The predicted molar refractivity (Wildman–Crippen MR) is 126 cm³/mol. The molecule has 31 heavy (non-hydrogen) atoms. The Balaban J connectivity index is 1.66. The molecule has 0 atom stereocenters. The van der Waals surface area contributed by atoms with Gasteiger partial charge in [-0.1, -0.05) is 17.4 Å². The van der Waals surface area contributed by atoms with Crippen molar-refractivity contribution < 1.29 is 19.1 Å². The van der Waals surface area contributed by atoms with E-state index in [0.717, 1.165) is 4.70 Å². The average molecular weight is 458 g/mol. The largest absolute Gasteiger partial charge is 0.491 e. The lowest BCUT2D eigenvalue weighted by atomic mass is 10.2. The van der Waals surface area contributed by atoms with E-state index in [-0.39, 0.29) is 29.2 Å². The van der Waals surface area contributed by atoms with E-state index in [0.29, 0.717) is 27.5 Å². The van der Waals surface area contributed by atoms with Gasteiger partial charge in [0.2, 0.25) is 0 Å². The zero-order chi connectivity index (χ0) is 22.5. The lowest BCUT2D eigenvalue weighted by molar-refractivity contribution is 0.0378. The van der Waals surface area contributed by atoms with Crippen molar-refractivity contribution >= 4 is 55.9 Å². The van der Waals surface area contributed by atoms with Gasteiger partial charge in [-0.2, -0.15) is 0 Å². The molecule has 1 amide bonds. The first-order valence-corrected chi connectivity index (χ1v) is 10.9. The van der Waals surface area contributed by atoms with Crippen molar-refractivity contribution in [2.45, 2.75) is 39.9 Å². The molecule has 3 rings (SSSR count). The number of benzene rings is 2. The summed E-state index contributed by atoms with van der Waals surface area (Å²) in [6.07, 6.45) is -0.187. The molecule has 0 unspecified atom stereocenters. The molecule has 0 aliphatic carbocycles. The number of nitrogens with one attached hydrogen (secondary N) is 2. The van der Waals surface area contributed by atoms with Gasteiger partial charge in [-0.15, -0.1) is 0 Å². The second-order valence-electron chi connectivity index (χ2n) is 7.26. The highest BCUT2D eigenvalue weighted by molar-refractivity contribution is 7.80. The van der Waals surface area contributed by atoms with E-state index in [9.17, 15) is 9.59 Å². The van der Waals surface area contributed by atoms with Crippen molar-refractivity contribution in [2.75, 3.05) is 5.32 Å². The lowest BCUT2D eigenvalue weighted by Gasteiger charge is -2.11. The third kappa shape index (κ3) is 6.22. The maximum Gasteiger partial charge on any atom is 0.338 e. The van der Waals surface area contributed by atoms with Crippen LogP contribution in [-0.4, -0.2) is 34.2 Å². The van der Waals surface area contributed by atoms with Crippen molar-refractivity contribution in [3.8, 4) is 5.75 Å². The number of thiocarbonyl (C=S) groups is 1. The Bertz CT molecular complexity index is 1120. The molecular weight excluding hydrogens is 434 g/mol. The zero-order valence-corrected chi connectivity index (χ0v) is 19.2. The third-order valence-electron chi connectivity index (χ3n) is 3.88. The number of rotatable bonds is 6. The van der Waals surface area contributed by atoms with Crippen LogP contribution in [0, 0.1) is 0 Å². The van der Waals surface area contributed by atoms with Gasteiger partial charge in [0.05, 0.1) is 28.0 Å². The van der Waals surface area contributed by atoms with E-state index < -0.39 is 0 Å². The maximum atomic E-state index is 12.5. The van der Waals surface area contributed by atoms with Gasteiger partial charge in [0.25, 0.3) is 5.91 Å². The van der Waals surface area contributed by atoms with E-state index >= 15 is 0 Å². The molecule has 0 fully saturated rings. The third-order valence-corrected chi connectivity index (χ3v) is 5.02. The fourth-order valence-corrected chi connectivity index (χ4v) is 3.84. The molecule has 7 nitrogen and oxygen atoms in total. The summed E-state index contributed by atoms with van der Waals surface area (Å²) in [6, 6.07) is 12.0. The summed E-state index contributed by atoms with van der Waals surface area (Å²) >= 11 is 6.57. The summed E-state index contributed by atoms with van der Waals surface area (Å²) in [5.74, 6) is -0.127. The maximum absolute atomic E-state index is 12.5. The number of anilines is 1. The summed E-state index contributed by atoms with van der Waals surface area (Å²) < 4.78 is 11.6. The molecule has 0 aliphatic rings. The molecule has 0 radical (unpaired) electrons. The van der Waals surface area contributed by atoms with Crippen LogP contribution < -0.4 is 15.4 Å². The molecule has 162 valence electrons. The van der Waals surface area contributed by atoms with Crippen LogP contribution in [0.4, 0.5) is 5.13 Å². The van der Waals surface area contributed by atoms with Crippen LogP contribution in [0.15, 0.2) is 42.5 Å². The lowest BCUT2D eigenvalue weighted by Crippen LogP contribution is -2.34. The molecular formula is C22H23N3O4S2. The number of ether oxygens (including phenoxy) is 2. The molecule has 0 bridgehead atoms. The molecule has 9 heteroatoms. The Labute approximate surface area is 189 Å². The molecule has 3 aromatic rings. The van der Waals surface area contributed by atoms with E-state index in [1.54, 1.807) is 56.3 Å². The summed E-state index contributed by atoms with van der Waals surface area (Å²) in [4.78, 5) is 29.0. The highest BCUT2D eigenvalue weighted by Crippen LogP contribution is 2.27. The van der Waals surface area contributed by atoms with Crippen molar-refractivity contribution in [1.29, 1.82) is 0 Å². The van der Waals surface area contributed by atoms with Crippen molar-refractivity contribution in [1.82, 2.24) is 10.3 Å². The number of nitrogens with zero attached hydrogens (tertiary/aromatic N) is 1. The fraction of sp³-hybridized carbons (Fsp3) is 0.273. The van der Waals surface area contributed by atoms with Crippen LogP contribution in [0.3, 0.4) is 0 Å². The molecule has 0 saturated heterocycles. The summed E-state index contributed by atoms with van der Waals surface area (Å²) in [5.41, 5.74) is 1.59.